The molecule has 0 amide bonds. The first kappa shape index (κ1) is 29.3. The number of carboxylic acid groups (broad SMARTS) is 2. The summed E-state index contributed by atoms with van der Waals surface area (Å²) in [7, 11) is 0. The summed E-state index contributed by atoms with van der Waals surface area (Å²) < 4.78 is 33.0. The van der Waals surface area contributed by atoms with Crippen molar-refractivity contribution in [3.8, 4) is 17.0 Å². The van der Waals surface area contributed by atoms with Crippen LogP contribution in [-0.2, 0) is 9.59 Å². The zero-order chi connectivity index (χ0) is 29.5. The monoisotopic (exact) mass is 568 g/mol. The molecule has 0 spiro atoms. The molecule has 41 heavy (non-hydrogen) atoms. The number of nitrogens with zero attached hydrogens (tertiary/aromatic N) is 6. The second-order valence-corrected chi connectivity index (χ2v) is 9.44. The van der Waals surface area contributed by atoms with Crippen LogP contribution < -0.4 is 9.64 Å². The number of alkyl halides is 2. The van der Waals surface area contributed by atoms with Crippen molar-refractivity contribution < 1.29 is 33.3 Å². The highest BCUT2D eigenvalue weighted by molar-refractivity contribution is 5.70. The number of imidazole rings is 1. The molecule has 1 unspecified atom stereocenters. The number of rotatable bonds is 8. The molecule has 0 saturated carbocycles. The van der Waals surface area contributed by atoms with Gasteiger partial charge in [-0.25, -0.2) is 15.0 Å². The number of carbonyl (C=O) groups is 2. The third kappa shape index (κ3) is 6.56. The number of ether oxygens (including phenoxy) is 1. The molecule has 2 N–H and O–H groups in total. The summed E-state index contributed by atoms with van der Waals surface area (Å²) in [5.41, 5.74) is 4.31. The molecule has 1 atom stereocenters. The Labute approximate surface area is 234 Å². The van der Waals surface area contributed by atoms with E-state index in [1.807, 2.05) is 35.4 Å². The first-order valence-corrected chi connectivity index (χ1v) is 13.0. The standard InChI is InChI=1S/C27H28F2N6O3.CH2O2/c1-3-19(20-6-4-5-7-22(20)38-26(28)29)24-16(2)33-23-14-30-21(15-35(23)24)18-12-31-27(32-13-18)34-10-8-17(9-11-34)25(36)37;2-1-3/h4-7,12-15,17,19,26H,3,8-11H2,1-2H3,(H,36,37);1H,(H,2,3). The molecule has 0 aliphatic carbocycles. The van der Waals surface area contributed by atoms with Crippen molar-refractivity contribution in [2.24, 2.45) is 5.92 Å². The second-order valence-electron chi connectivity index (χ2n) is 9.44. The normalized spacial score (nSPS) is 14.4. The van der Waals surface area contributed by atoms with Gasteiger partial charge in [0.2, 0.25) is 5.95 Å². The number of benzene rings is 1. The highest BCUT2D eigenvalue weighted by Gasteiger charge is 2.26. The summed E-state index contributed by atoms with van der Waals surface area (Å²) in [6, 6.07) is 6.84. The Morgan fingerprint density at radius 1 is 1.15 bits per heavy atom. The molecule has 1 saturated heterocycles. The van der Waals surface area contributed by atoms with E-state index in [2.05, 4.69) is 19.9 Å². The number of carboxylic acids is 1. The van der Waals surface area contributed by atoms with Crippen molar-refractivity contribution in [1.82, 2.24) is 24.3 Å². The van der Waals surface area contributed by atoms with E-state index in [1.165, 1.54) is 0 Å². The molecular weight excluding hydrogens is 538 g/mol. The van der Waals surface area contributed by atoms with Crippen LogP contribution in [0.2, 0.25) is 0 Å². The number of aryl methyl sites for hydroxylation is 1. The second kappa shape index (κ2) is 13.1. The van der Waals surface area contributed by atoms with Gasteiger partial charge < -0.3 is 19.8 Å². The molecule has 4 heterocycles. The third-order valence-electron chi connectivity index (χ3n) is 7.04. The number of hydrogen-bond acceptors (Lipinski definition) is 8. The van der Waals surface area contributed by atoms with Gasteiger partial charge in [-0.15, -0.1) is 0 Å². The van der Waals surface area contributed by atoms with Crippen LogP contribution in [0.15, 0.2) is 49.1 Å². The number of halogens is 2. The molecule has 1 aromatic carbocycles. The number of anilines is 1. The van der Waals surface area contributed by atoms with Gasteiger partial charge >= 0.3 is 12.6 Å². The maximum absolute atomic E-state index is 13.1. The average molecular weight is 569 g/mol. The van der Waals surface area contributed by atoms with E-state index in [9.17, 15) is 18.7 Å². The lowest BCUT2D eigenvalue weighted by atomic mass is 9.91. The third-order valence-corrected chi connectivity index (χ3v) is 7.04. The summed E-state index contributed by atoms with van der Waals surface area (Å²) >= 11 is 0. The molecule has 216 valence electrons. The minimum absolute atomic E-state index is 0.148. The summed E-state index contributed by atoms with van der Waals surface area (Å²) in [6.07, 6.45) is 8.70. The van der Waals surface area contributed by atoms with Crippen LogP contribution in [-0.4, -0.2) is 66.7 Å². The van der Waals surface area contributed by atoms with E-state index in [4.69, 9.17) is 14.6 Å². The summed E-state index contributed by atoms with van der Waals surface area (Å²) in [4.78, 5) is 39.8. The fourth-order valence-corrected chi connectivity index (χ4v) is 5.13. The van der Waals surface area contributed by atoms with Crippen LogP contribution in [0.4, 0.5) is 14.7 Å². The molecule has 1 aliphatic rings. The molecule has 3 aromatic heterocycles. The van der Waals surface area contributed by atoms with E-state index < -0.39 is 12.6 Å². The quantitative estimate of drug-likeness (QED) is 0.289. The molecule has 1 aliphatic heterocycles. The lowest BCUT2D eigenvalue weighted by Gasteiger charge is -2.29. The van der Waals surface area contributed by atoms with E-state index in [0.717, 1.165) is 11.4 Å². The van der Waals surface area contributed by atoms with Gasteiger partial charge in [0.05, 0.1) is 29.2 Å². The Morgan fingerprint density at radius 2 is 1.80 bits per heavy atom. The number of fused-ring (bicyclic) bond motifs is 1. The summed E-state index contributed by atoms with van der Waals surface area (Å²) in [5.74, 6) is -0.613. The molecule has 0 radical (unpaired) electrons. The Balaban J connectivity index is 0.00000124. The van der Waals surface area contributed by atoms with Crippen molar-refractivity contribution >= 4 is 24.0 Å². The predicted octanol–water partition coefficient (Wildman–Crippen LogP) is 4.64. The molecule has 1 fully saturated rings. The maximum Gasteiger partial charge on any atom is 0.387 e. The number of hydrogen-bond donors (Lipinski definition) is 2. The van der Waals surface area contributed by atoms with E-state index in [1.54, 1.807) is 36.8 Å². The number of aliphatic carboxylic acids is 1. The van der Waals surface area contributed by atoms with Crippen LogP contribution in [0.5, 0.6) is 5.75 Å². The number of piperidine rings is 1. The molecule has 0 bridgehead atoms. The lowest BCUT2D eigenvalue weighted by molar-refractivity contribution is -0.142. The van der Waals surface area contributed by atoms with E-state index in [0.29, 0.717) is 60.8 Å². The van der Waals surface area contributed by atoms with Crippen molar-refractivity contribution in [2.75, 3.05) is 18.0 Å². The first-order chi connectivity index (χ1) is 19.8. The molecule has 5 rings (SSSR count). The maximum atomic E-state index is 13.1. The Kier molecular flexibility index (Phi) is 9.37. The summed E-state index contributed by atoms with van der Waals surface area (Å²) in [5, 5.41) is 16.1. The SMILES string of the molecule is CCC(c1ccccc1OC(F)F)c1c(C)nc2cnc(-c3cnc(N4CCC(C(=O)O)CC4)nc3)cn12.O=CO. The lowest BCUT2D eigenvalue weighted by Crippen LogP contribution is -2.37. The van der Waals surface area contributed by atoms with Gasteiger partial charge in [0, 0.05) is 48.7 Å². The van der Waals surface area contributed by atoms with Crippen molar-refractivity contribution in [1.29, 1.82) is 0 Å². The largest absolute Gasteiger partial charge is 0.483 e. The van der Waals surface area contributed by atoms with Crippen molar-refractivity contribution in [3.63, 3.8) is 0 Å². The van der Waals surface area contributed by atoms with Gasteiger partial charge in [-0.3, -0.25) is 19.0 Å². The van der Waals surface area contributed by atoms with Gasteiger partial charge in [-0.2, -0.15) is 8.78 Å². The van der Waals surface area contributed by atoms with Crippen molar-refractivity contribution in [3.05, 3.63) is 66.0 Å². The van der Waals surface area contributed by atoms with Crippen LogP contribution in [0.25, 0.3) is 16.9 Å². The van der Waals surface area contributed by atoms with Gasteiger partial charge in [0.15, 0.2) is 5.65 Å². The fourth-order valence-electron chi connectivity index (χ4n) is 5.13. The number of para-hydroxylation sites is 1. The zero-order valence-electron chi connectivity index (χ0n) is 22.5. The predicted molar refractivity (Wildman–Crippen MR) is 145 cm³/mol. The van der Waals surface area contributed by atoms with E-state index in [-0.39, 0.29) is 24.1 Å². The zero-order valence-corrected chi connectivity index (χ0v) is 22.5. The summed E-state index contributed by atoms with van der Waals surface area (Å²) in [6.45, 7) is 1.91. The van der Waals surface area contributed by atoms with Crippen LogP contribution in [0.3, 0.4) is 0 Å². The highest BCUT2D eigenvalue weighted by Crippen LogP contribution is 2.37. The smallest absolute Gasteiger partial charge is 0.387 e. The molecule has 13 heteroatoms. The fraction of sp³-hybridized carbons (Fsp3) is 0.357. The Bertz CT molecular complexity index is 1490. The molecular formula is C28H30F2N6O5. The van der Waals surface area contributed by atoms with E-state index >= 15 is 0 Å². The molecule has 4 aromatic rings. The van der Waals surface area contributed by atoms with Crippen LogP contribution in [0, 0.1) is 12.8 Å². The Morgan fingerprint density at radius 3 is 2.41 bits per heavy atom. The average Bonchev–Trinajstić information content (AvgIpc) is 3.29. The minimum atomic E-state index is -2.92. The van der Waals surface area contributed by atoms with Crippen molar-refractivity contribution in [2.45, 2.75) is 45.6 Å². The first-order valence-electron chi connectivity index (χ1n) is 13.0. The van der Waals surface area contributed by atoms with Crippen LogP contribution >= 0.6 is 0 Å². The van der Waals surface area contributed by atoms with Gasteiger partial charge in [0.25, 0.3) is 6.47 Å². The highest BCUT2D eigenvalue weighted by atomic mass is 19.3. The number of aromatic nitrogens is 5. The Hall–Kier alpha value is -4.68. The molecule has 11 nitrogen and oxygen atoms in total. The van der Waals surface area contributed by atoms with Crippen LogP contribution in [0.1, 0.15) is 49.1 Å². The minimum Gasteiger partial charge on any atom is -0.483 e. The topological polar surface area (TPSA) is 143 Å². The van der Waals surface area contributed by atoms with Gasteiger partial charge in [-0.1, -0.05) is 25.1 Å². The van der Waals surface area contributed by atoms with Gasteiger partial charge in [0.1, 0.15) is 5.75 Å². The van der Waals surface area contributed by atoms with Gasteiger partial charge in [-0.05, 0) is 32.3 Å².